The molecule has 2 unspecified atom stereocenters. The molecule has 1 aliphatic rings. The van der Waals surface area contributed by atoms with Gasteiger partial charge in [0.15, 0.2) is 0 Å². The molecule has 0 amide bonds. The van der Waals surface area contributed by atoms with Crippen LogP contribution < -0.4 is 0 Å². The van der Waals surface area contributed by atoms with E-state index >= 15 is 0 Å². The lowest BCUT2D eigenvalue weighted by Gasteiger charge is -2.35. The molecule has 0 bridgehead atoms. The van der Waals surface area contributed by atoms with E-state index < -0.39 is 0 Å². The van der Waals surface area contributed by atoms with Gasteiger partial charge in [-0.25, -0.2) is 0 Å². The third-order valence-electron chi connectivity index (χ3n) is 6.79. The van der Waals surface area contributed by atoms with Gasteiger partial charge in [-0.05, 0) is 56.6 Å². The van der Waals surface area contributed by atoms with Crippen molar-refractivity contribution in [3.8, 4) is 0 Å². The summed E-state index contributed by atoms with van der Waals surface area (Å²) in [5.41, 5.74) is 2.45. The van der Waals surface area contributed by atoms with Crippen molar-refractivity contribution in [2.24, 2.45) is 11.8 Å². The van der Waals surface area contributed by atoms with Crippen molar-refractivity contribution < 1.29 is 0 Å². The molecule has 0 aliphatic heterocycles. The Balaban J connectivity index is 1.99. The number of hydrogen-bond acceptors (Lipinski definition) is 4. The molecule has 0 aromatic carbocycles. The lowest BCUT2D eigenvalue weighted by molar-refractivity contribution is 0.268. The van der Waals surface area contributed by atoms with Crippen LogP contribution in [0.25, 0.3) is 0 Å². The summed E-state index contributed by atoms with van der Waals surface area (Å²) in [5, 5.41) is 16.5. The SMILES string of the molecule is C=C(CC(C)N(C(C)=N)C(=N)C(C)C)N(C)CCC(c1cccnc1)C1CCCCC1. The summed E-state index contributed by atoms with van der Waals surface area (Å²) < 4.78 is 0. The van der Waals surface area contributed by atoms with E-state index in [0.717, 1.165) is 31.0 Å². The Labute approximate surface area is 190 Å². The van der Waals surface area contributed by atoms with Crippen molar-refractivity contribution in [1.82, 2.24) is 14.8 Å². The van der Waals surface area contributed by atoms with Crippen LogP contribution in [0.2, 0.25) is 0 Å². The first-order valence-corrected chi connectivity index (χ1v) is 11.9. The highest BCUT2D eigenvalue weighted by Crippen LogP contribution is 2.38. The van der Waals surface area contributed by atoms with Crippen LogP contribution in [0.3, 0.4) is 0 Å². The summed E-state index contributed by atoms with van der Waals surface area (Å²) in [4.78, 5) is 8.51. The molecule has 0 saturated heterocycles. The minimum Gasteiger partial charge on any atom is -0.378 e. The normalized spacial score (nSPS) is 16.6. The Morgan fingerprint density at radius 3 is 2.42 bits per heavy atom. The van der Waals surface area contributed by atoms with Gasteiger partial charge in [0, 0.05) is 50.1 Å². The number of nitrogens with one attached hydrogen (secondary N) is 2. The quantitative estimate of drug-likeness (QED) is 0.342. The number of nitrogens with zero attached hydrogens (tertiary/aromatic N) is 3. The zero-order valence-electron chi connectivity index (χ0n) is 20.3. The average Bonchev–Trinajstić information content (AvgIpc) is 2.74. The fourth-order valence-electron chi connectivity index (χ4n) is 4.91. The van der Waals surface area contributed by atoms with E-state index in [2.05, 4.69) is 48.8 Å². The zero-order valence-corrected chi connectivity index (χ0v) is 20.3. The topological polar surface area (TPSA) is 67.1 Å². The van der Waals surface area contributed by atoms with Gasteiger partial charge in [0.05, 0.1) is 5.84 Å². The van der Waals surface area contributed by atoms with Crippen LogP contribution in [0.5, 0.6) is 0 Å². The van der Waals surface area contributed by atoms with Gasteiger partial charge in [0.25, 0.3) is 0 Å². The highest BCUT2D eigenvalue weighted by Gasteiger charge is 2.26. The monoisotopic (exact) mass is 425 g/mol. The van der Waals surface area contributed by atoms with E-state index in [1.54, 1.807) is 6.92 Å². The van der Waals surface area contributed by atoms with Crippen molar-refractivity contribution in [3.63, 3.8) is 0 Å². The summed E-state index contributed by atoms with van der Waals surface area (Å²) in [6, 6.07) is 4.36. The molecule has 1 aliphatic carbocycles. The molecule has 2 rings (SSSR count). The summed E-state index contributed by atoms with van der Waals surface area (Å²) in [6.45, 7) is 13.2. The first-order chi connectivity index (χ1) is 14.7. The zero-order chi connectivity index (χ0) is 23.0. The number of pyridine rings is 1. The standard InChI is InChI=1S/C26H43N5/c1-19(2)26(28)31(22(5)27)21(4)17-20(3)30(6)16-14-25(23-11-8-7-9-12-23)24-13-10-15-29-18-24/h10,13,15,18-19,21,23,25,27-28H,3,7-9,11-12,14,16-17H2,1-2,4-6H3. The van der Waals surface area contributed by atoms with Gasteiger partial charge in [-0.1, -0.05) is 45.8 Å². The predicted molar refractivity (Wildman–Crippen MR) is 132 cm³/mol. The van der Waals surface area contributed by atoms with E-state index in [0.29, 0.717) is 17.6 Å². The molecule has 0 spiro atoms. The van der Waals surface area contributed by atoms with E-state index in [1.807, 2.05) is 24.9 Å². The summed E-state index contributed by atoms with van der Waals surface area (Å²) in [5.74, 6) is 2.33. The van der Waals surface area contributed by atoms with Gasteiger partial charge >= 0.3 is 0 Å². The Morgan fingerprint density at radius 2 is 1.87 bits per heavy atom. The lowest BCUT2D eigenvalue weighted by Crippen LogP contribution is -2.44. The van der Waals surface area contributed by atoms with Gasteiger partial charge in [0.1, 0.15) is 5.84 Å². The van der Waals surface area contributed by atoms with Crippen molar-refractivity contribution in [3.05, 3.63) is 42.4 Å². The second-order valence-electron chi connectivity index (χ2n) is 9.62. The molecular formula is C26H43N5. The van der Waals surface area contributed by atoms with Crippen molar-refractivity contribution in [1.29, 1.82) is 10.8 Å². The number of aromatic nitrogens is 1. The molecule has 1 saturated carbocycles. The van der Waals surface area contributed by atoms with E-state index in [-0.39, 0.29) is 12.0 Å². The van der Waals surface area contributed by atoms with Gasteiger partial charge in [0.2, 0.25) is 0 Å². The third-order valence-corrected chi connectivity index (χ3v) is 6.79. The molecule has 1 heterocycles. The molecule has 0 radical (unpaired) electrons. The largest absolute Gasteiger partial charge is 0.378 e. The highest BCUT2D eigenvalue weighted by molar-refractivity contribution is 5.98. The van der Waals surface area contributed by atoms with E-state index in [4.69, 9.17) is 10.8 Å². The number of hydrogen-bond donors (Lipinski definition) is 2. The molecule has 31 heavy (non-hydrogen) atoms. The van der Waals surface area contributed by atoms with Crippen LogP contribution in [0, 0.1) is 22.7 Å². The molecule has 1 aromatic rings. The molecule has 5 heteroatoms. The maximum absolute atomic E-state index is 8.39. The van der Waals surface area contributed by atoms with Crippen LogP contribution in [-0.4, -0.2) is 46.1 Å². The first kappa shape index (κ1) is 25.1. The van der Waals surface area contributed by atoms with Crippen molar-refractivity contribution in [2.45, 2.75) is 84.6 Å². The van der Waals surface area contributed by atoms with Gasteiger partial charge < -0.3 is 9.80 Å². The second kappa shape index (κ2) is 12.0. The van der Waals surface area contributed by atoms with Gasteiger partial charge in [-0.15, -0.1) is 0 Å². The number of amidine groups is 2. The number of rotatable bonds is 10. The molecular weight excluding hydrogens is 382 g/mol. The van der Waals surface area contributed by atoms with E-state index in [1.165, 1.54) is 37.7 Å². The lowest BCUT2D eigenvalue weighted by atomic mass is 9.75. The van der Waals surface area contributed by atoms with Crippen LogP contribution >= 0.6 is 0 Å². The van der Waals surface area contributed by atoms with Gasteiger partial charge in [-0.2, -0.15) is 0 Å². The Hall–Kier alpha value is -2.17. The van der Waals surface area contributed by atoms with Crippen LogP contribution in [0.4, 0.5) is 0 Å². The fraction of sp³-hybridized carbons (Fsp3) is 0.654. The Bertz CT molecular complexity index is 721. The van der Waals surface area contributed by atoms with E-state index in [9.17, 15) is 0 Å². The van der Waals surface area contributed by atoms with Crippen molar-refractivity contribution >= 4 is 11.7 Å². The van der Waals surface area contributed by atoms with Crippen LogP contribution in [0.15, 0.2) is 36.8 Å². The Kier molecular flexibility index (Phi) is 9.73. The first-order valence-electron chi connectivity index (χ1n) is 11.9. The molecule has 1 aromatic heterocycles. The smallest absolute Gasteiger partial charge is 0.104 e. The maximum Gasteiger partial charge on any atom is 0.104 e. The minimum atomic E-state index is 0.0508. The summed E-state index contributed by atoms with van der Waals surface area (Å²) in [7, 11) is 2.13. The van der Waals surface area contributed by atoms with Crippen LogP contribution in [0.1, 0.15) is 84.1 Å². The predicted octanol–water partition coefficient (Wildman–Crippen LogP) is 6.29. The summed E-state index contributed by atoms with van der Waals surface area (Å²) in [6.07, 6.45) is 12.5. The minimum absolute atomic E-state index is 0.0508. The molecule has 1 fully saturated rings. The molecule has 5 nitrogen and oxygen atoms in total. The fourth-order valence-corrected chi connectivity index (χ4v) is 4.91. The van der Waals surface area contributed by atoms with Crippen molar-refractivity contribution in [2.75, 3.05) is 13.6 Å². The summed E-state index contributed by atoms with van der Waals surface area (Å²) >= 11 is 0. The second-order valence-corrected chi connectivity index (χ2v) is 9.62. The molecule has 172 valence electrons. The molecule has 2 N–H and O–H groups in total. The van der Waals surface area contributed by atoms with Gasteiger partial charge in [-0.3, -0.25) is 15.8 Å². The van der Waals surface area contributed by atoms with Crippen LogP contribution in [-0.2, 0) is 0 Å². The highest BCUT2D eigenvalue weighted by atomic mass is 15.2. The average molecular weight is 426 g/mol. The maximum atomic E-state index is 8.39. The molecule has 2 atom stereocenters. The third kappa shape index (κ3) is 7.19. The Morgan fingerprint density at radius 1 is 1.19 bits per heavy atom.